The Kier molecular flexibility index (Phi) is 3.98. The summed E-state index contributed by atoms with van der Waals surface area (Å²) in [6, 6.07) is 2.60. The number of carboxylic acid groups (broad SMARTS) is 1. The molecule has 5 nitrogen and oxygen atoms in total. The van der Waals surface area contributed by atoms with Crippen molar-refractivity contribution in [2.24, 2.45) is 5.92 Å². The van der Waals surface area contributed by atoms with Crippen molar-refractivity contribution in [2.45, 2.75) is 36.9 Å². The second-order valence-electron chi connectivity index (χ2n) is 5.04. The van der Waals surface area contributed by atoms with Crippen LogP contribution in [0.2, 0.25) is 0 Å². The van der Waals surface area contributed by atoms with Crippen molar-refractivity contribution < 1.29 is 18.3 Å². The molecule has 0 aliphatic heterocycles. The van der Waals surface area contributed by atoms with Gasteiger partial charge < -0.3 is 5.11 Å². The van der Waals surface area contributed by atoms with Crippen molar-refractivity contribution >= 4 is 27.3 Å². The van der Waals surface area contributed by atoms with Gasteiger partial charge in [0.05, 0.1) is 0 Å². The second-order valence-corrected chi connectivity index (χ2v) is 8.24. The molecule has 0 bridgehead atoms. The average molecular weight is 303 g/mol. The van der Waals surface area contributed by atoms with E-state index >= 15 is 0 Å². The standard InChI is InChI=1S/C12H17NO4S2/c1-8(2)13(7-9-3-4-9)19(16,17)11-6-5-10(18-11)12(14)15/h5-6,8-9H,3-4,7H2,1-2H3,(H,14,15). The van der Waals surface area contributed by atoms with Gasteiger partial charge in [0, 0.05) is 12.6 Å². The van der Waals surface area contributed by atoms with Crippen LogP contribution in [0.3, 0.4) is 0 Å². The normalized spacial score (nSPS) is 16.2. The Hall–Kier alpha value is -0.920. The van der Waals surface area contributed by atoms with Gasteiger partial charge in [-0.1, -0.05) is 0 Å². The Morgan fingerprint density at radius 3 is 2.53 bits per heavy atom. The number of hydrogen-bond acceptors (Lipinski definition) is 4. The molecule has 1 heterocycles. The quantitative estimate of drug-likeness (QED) is 0.874. The lowest BCUT2D eigenvalue weighted by Gasteiger charge is -2.25. The van der Waals surface area contributed by atoms with Crippen LogP contribution in [0.25, 0.3) is 0 Å². The maximum atomic E-state index is 12.5. The Bertz CT molecular complexity index is 572. The lowest BCUT2D eigenvalue weighted by Crippen LogP contribution is -2.38. The Balaban J connectivity index is 2.29. The molecule has 0 atom stereocenters. The van der Waals surface area contributed by atoms with E-state index in [1.807, 2.05) is 13.8 Å². The van der Waals surface area contributed by atoms with Gasteiger partial charge in [0.2, 0.25) is 0 Å². The number of aromatic carboxylic acids is 1. The summed E-state index contributed by atoms with van der Waals surface area (Å²) in [5.41, 5.74) is 0. The highest BCUT2D eigenvalue weighted by molar-refractivity contribution is 7.91. The van der Waals surface area contributed by atoms with Gasteiger partial charge in [-0.05, 0) is 44.7 Å². The van der Waals surface area contributed by atoms with E-state index in [0.29, 0.717) is 12.5 Å². The zero-order valence-electron chi connectivity index (χ0n) is 10.9. The molecule has 0 radical (unpaired) electrons. The Labute approximate surface area is 116 Å². The third kappa shape index (κ3) is 3.16. The van der Waals surface area contributed by atoms with Crippen LogP contribution in [0.4, 0.5) is 0 Å². The van der Waals surface area contributed by atoms with E-state index in [1.165, 1.54) is 16.4 Å². The first-order valence-corrected chi connectivity index (χ1v) is 8.43. The maximum Gasteiger partial charge on any atom is 0.345 e. The molecular weight excluding hydrogens is 286 g/mol. The van der Waals surface area contributed by atoms with E-state index in [2.05, 4.69) is 0 Å². The van der Waals surface area contributed by atoms with Gasteiger partial charge in [-0.25, -0.2) is 13.2 Å². The lowest BCUT2D eigenvalue weighted by molar-refractivity contribution is 0.0702. The van der Waals surface area contributed by atoms with E-state index in [-0.39, 0.29) is 15.1 Å². The summed E-state index contributed by atoms with van der Waals surface area (Å²) >= 11 is 0.812. The van der Waals surface area contributed by atoms with Gasteiger partial charge >= 0.3 is 5.97 Å². The summed E-state index contributed by atoms with van der Waals surface area (Å²) in [4.78, 5) is 10.9. The van der Waals surface area contributed by atoms with Crippen molar-refractivity contribution in [1.29, 1.82) is 0 Å². The highest BCUT2D eigenvalue weighted by Crippen LogP contribution is 2.33. The number of carboxylic acids is 1. The van der Waals surface area contributed by atoms with Gasteiger partial charge in [0.25, 0.3) is 10.0 Å². The fourth-order valence-electron chi connectivity index (χ4n) is 1.83. The van der Waals surface area contributed by atoms with Crippen LogP contribution < -0.4 is 0 Å². The molecule has 2 rings (SSSR count). The number of nitrogens with zero attached hydrogens (tertiary/aromatic N) is 1. The number of carbonyl (C=O) groups is 1. The van der Waals surface area contributed by atoms with Crippen molar-refractivity contribution in [2.75, 3.05) is 6.54 Å². The third-order valence-electron chi connectivity index (χ3n) is 3.07. The Morgan fingerprint density at radius 2 is 2.11 bits per heavy atom. The predicted molar refractivity (Wildman–Crippen MR) is 73.0 cm³/mol. The van der Waals surface area contributed by atoms with E-state index in [4.69, 9.17) is 5.11 Å². The van der Waals surface area contributed by atoms with Gasteiger partial charge in [0.15, 0.2) is 0 Å². The molecule has 1 aromatic rings. The maximum absolute atomic E-state index is 12.5. The van der Waals surface area contributed by atoms with E-state index < -0.39 is 16.0 Å². The monoisotopic (exact) mass is 303 g/mol. The molecule has 0 unspecified atom stereocenters. The Morgan fingerprint density at radius 1 is 1.47 bits per heavy atom. The lowest BCUT2D eigenvalue weighted by atomic mass is 10.3. The van der Waals surface area contributed by atoms with Crippen LogP contribution in [0, 0.1) is 5.92 Å². The largest absolute Gasteiger partial charge is 0.477 e. The van der Waals surface area contributed by atoms with Crippen LogP contribution in [-0.4, -0.2) is 36.4 Å². The van der Waals surface area contributed by atoms with Crippen LogP contribution in [0.15, 0.2) is 16.3 Å². The minimum Gasteiger partial charge on any atom is -0.477 e. The number of thiophene rings is 1. The van der Waals surface area contributed by atoms with Crippen molar-refractivity contribution in [3.05, 3.63) is 17.0 Å². The molecule has 0 aromatic carbocycles. The molecule has 1 aliphatic rings. The molecule has 1 N–H and O–H groups in total. The molecule has 0 amide bonds. The molecule has 1 aliphatic carbocycles. The number of sulfonamides is 1. The number of hydrogen-bond donors (Lipinski definition) is 1. The summed E-state index contributed by atoms with van der Waals surface area (Å²) in [6.45, 7) is 4.21. The summed E-state index contributed by atoms with van der Waals surface area (Å²) in [7, 11) is -3.58. The van der Waals surface area contributed by atoms with Gasteiger partial charge in [-0.2, -0.15) is 4.31 Å². The summed E-state index contributed by atoms with van der Waals surface area (Å²) in [5.74, 6) is -0.638. The predicted octanol–water partition coefficient (Wildman–Crippen LogP) is 2.26. The van der Waals surface area contributed by atoms with Crippen molar-refractivity contribution in [3.8, 4) is 0 Å². The summed E-state index contributed by atoms with van der Waals surface area (Å²) < 4.78 is 26.6. The first-order chi connectivity index (χ1) is 8.82. The fourth-order valence-corrected chi connectivity index (χ4v) is 4.82. The average Bonchev–Trinajstić information content (AvgIpc) is 2.97. The molecular formula is C12H17NO4S2. The highest BCUT2D eigenvalue weighted by atomic mass is 32.2. The van der Waals surface area contributed by atoms with Gasteiger partial charge in [0.1, 0.15) is 9.09 Å². The van der Waals surface area contributed by atoms with E-state index in [0.717, 1.165) is 24.2 Å². The molecule has 1 aromatic heterocycles. The van der Waals surface area contributed by atoms with Crippen LogP contribution in [0.1, 0.15) is 36.4 Å². The zero-order valence-corrected chi connectivity index (χ0v) is 12.5. The molecule has 19 heavy (non-hydrogen) atoms. The van der Waals surface area contributed by atoms with Crippen LogP contribution in [-0.2, 0) is 10.0 Å². The van der Waals surface area contributed by atoms with E-state index in [9.17, 15) is 13.2 Å². The highest BCUT2D eigenvalue weighted by Gasteiger charge is 2.34. The van der Waals surface area contributed by atoms with E-state index in [1.54, 1.807) is 0 Å². The van der Waals surface area contributed by atoms with Crippen molar-refractivity contribution in [1.82, 2.24) is 4.31 Å². The first kappa shape index (κ1) is 14.5. The van der Waals surface area contributed by atoms with Gasteiger partial charge in [-0.15, -0.1) is 11.3 Å². The minimum absolute atomic E-state index is 0.0497. The molecule has 0 saturated heterocycles. The summed E-state index contributed by atoms with van der Waals surface area (Å²) in [6.07, 6.45) is 2.15. The van der Waals surface area contributed by atoms with Crippen LogP contribution in [0.5, 0.6) is 0 Å². The molecule has 1 saturated carbocycles. The SMILES string of the molecule is CC(C)N(CC1CC1)S(=O)(=O)c1ccc(C(=O)O)s1. The molecule has 106 valence electrons. The fraction of sp³-hybridized carbons (Fsp3) is 0.583. The second kappa shape index (κ2) is 5.22. The molecule has 1 fully saturated rings. The van der Waals surface area contributed by atoms with Crippen LogP contribution >= 0.6 is 11.3 Å². The third-order valence-corrected chi connectivity index (χ3v) is 6.65. The zero-order chi connectivity index (χ0) is 14.2. The minimum atomic E-state index is -3.58. The number of rotatable bonds is 6. The smallest absolute Gasteiger partial charge is 0.345 e. The van der Waals surface area contributed by atoms with Crippen molar-refractivity contribution in [3.63, 3.8) is 0 Å². The topological polar surface area (TPSA) is 74.7 Å². The first-order valence-electron chi connectivity index (χ1n) is 6.17. The molecule has 7 heteroatoms. The van der Waals surface area contributed by atoms with Gasteiger partial charge in [-0.3, -0.25) is 0 Å². The summed E-state index contributed by atoms with van der Waals surface area (Å²) in [5, 5.41) is 8.87. The molecule has 0 spiro atoms.